The summed E-state index contributed by atoms with van der Waals surface area (Å²) in [5.74, 6) is 0. The van der Waals surface area contributed by atoms with Gasteiger partial charge in [-0.15, -0.1) is 0 Å². The second kappa shape index (κ2) is 9.56. The van der Waals surface area contributed by atoms with E-state index in [1.807, 2.05) is 0 Å². The Kier molecular flexibility index (Phi) is 2.26. The minimum absolute atomic E-state index is 0.167. The van der Waals surface area contributed by atoms with Crippen molar-refractivity contribution in [3.8, 4) is 44.5 Å². The molecule has 1 aliphatic heterocycles. The molecule has 0 atom stereocenters. The van der Waals surface area contributed by atoms with E-state index in [1.165, 1.54) is 0 Å². The summed E-state index contributed by atoms with van der Waals surface area (Å²) in [7, 11) is 0. The van der Waals surface area contributed by atoms with Crippen LogP contribution in [0.4, 0.5) is 0 Å². The monoisotopic (exact) mass is 612 g/mol. The van der Waals surface area contributed by atoms with Crippen molar-refractivity contribution in [2.45, 2.75) is 9.79 Å². The van der Waals surface area contributed by atoms with Gasteiger partial charge in [0.25, 0.3) is 0 Å². The Morgan fingerprint density at radius 2 is 0.956 bits per heavy atom. The first-order valence-corrected chi connectivity index (χ1v) is 14.2. The third-order valence-corrected chi connectivity index (χ3v) is 8.53. The van der Waals surface area contributed by atoms with Crippen LogP contribution in [0.15, 0.2) is 167 Å². The number of benzene rings is 9. The molecule has 0 saturated carbocycles. The molecule has 0 N–H and O–H groups in total. The molecule has 9 aromatic rings. The summed E-state index contributed by atoms with van der Waals surface area (Å²) in [4.78, 5) is -0.384. The zero-order valence-corrected chi connectivity index (χ0v) is 23.2. The van der Waals surface area contributed by atoms with Gasteiger partial charge in [0.2, 0.25) is 0 Å². The Morgan fingerprint density at radius 3 is 1.82 bits per heavy atom. The van der Waals surface area contributed by atoms with Crippen molar-refractivity contribution >= 4 is 54.9 Å². The van der Waals surface area contributed by atoms with Crippen LogP contribution in [-0.2, 0) is 0 Å². The normalized spacial score (nSPS) is 20.4. The van der Waals surface area contributed by atoms with Gasteiger partial charge in [-0.2, -0.15) is 0 Å². The van der Waals surface area contributed by atoms with Crippen LogP contribution in [-0.4, -0.2) is 0 Å². The summed E-state index contributed by atoms with van der Waals surface area (Å²) >= 11 is 0.645. The maximum atomic E-state index is 10.0. The molecule has 10 rings (SSSR count). The van der Waals surface area contributed by atoms with E-state index in [4.69, 9.17) is 23.3 Å². The first kappa shape index (κ1) is 10.6. The van der Waals surface area contributed by atoms with E-state index >= 15 is 0 Å². The van der Waals surface area contributed by atoms with Gasteiger partial charge in [0.15, 0.2) is 0 Å². The molecule has 45 heavy (non-hydrogen) atoms. The number of fused-ring (bicyclic) bond motifs is 2. The molecule has 1 heterocycles. The molecular formula is C44H26S. The Labute approximate surface area is 302 Å². The van der Waals surface area contributed by atoms with Crippen molar-refractivity contribution in [1.82, 2.24) is 0 Å². The highest BCUT2D eigenvalue weighted by molar-refractivity contribution is 7.99. The maximum Gasteiger partial charge on any atom is 0.0636 e. The summed E-state index contributed by atoms with van der Waals surface area (Å²) in [6.07, 6.45) is 0. The largest absolute Gasteiger partial charge is 0.0888 e. The van der Waals surface area contributed by atoms with E-state index in [0.29, 0.717) is 11.8 Å². The van der Waals surface area contributed by atoms with Gasteiger partial charge in [-0.25, -0.2) is 0 Å². The predicted molar refractivity (Wildman–Crippen MR) is 194 cm³/mol. The molecule has 9 aromatic carbocycles. The van der Waals surface area contributed by atoms with E-state index in [1.54, 1.807) is 0 Å². The van der Waals surface area contributed by atoms with E-state index < -0.39 is 223 Å². The smallest absolute Gasteiger partial charge is 0.0636 e. The Bertz CT molecular complexity index is 4030. The number of hydrogen-bond acceptors (Lipinski definition) is 1. The lowest BCUT2D eigenvalue weighted by Crippen LogP contribution is -1.94. The van der Waals surface area contributed by atoms with Gasteiger partial charge in [0.05, 0.1) is 35.6 Å². The van der Waals surface area contributed by atoms with E-state index in [-0.39, 0.29) is 31.5 Å². The molecular weight excluding hydrogens is 561 g/mol. The van der Waals surface area contributed by atoms with Crippen LogP contribution in [0, 0.1) is 0 Å². The lowest BCUT2D eigenvalue weighted by Gasteiger charge is -2.22. The molecule has 208 valence electrons. The summed E-state index contributed by atoms with van der Waals surface area (Å²) in [5.41, 5.74) is -5.77. The average molecular weight is 613 g/mol. The van der Waals surface area contributed by atoms with Crippen molar-refractivity contribution in [2.75, 3.05) is 0 Å². The second-order valence-corrected chi connectivity index (χ2v) is 11.0. The first-order chi connectivity index (χ1) is 33.2. The highest BCUT2D eigenvalue weighted by Gasteiger charge is 2.21. The molecule has 1 aliphatic rings. The Morgan fingerprint density at radius 1 is 0.333 bits per heavy atom. The molecule has 0 radical (unpaired) electrons. The number of hydrogen-bond donors (Lipinski definition) is 0. The molecule has 0 bridgehead atoms. The first-order valence-electron chi connectivity index (χ1n) is 26.4. The number of rotatable bonds is 3. The van der Waals surface area contributed by atoms with Crippen LogP contribution in [0.5, 0.6) is 0 Å². The summed E-state index contributed by atoms with van der Waals surface area (Å²) in [6.45, 7) is 0. The predicted octanol–water partition coefficient (Wildman–Crippen LogP) is 12.9. The van der Waals surface area contributed by atoms with Crippen LogP contribution in [0.1, 0.15) is 35.6 Å². The lowest BCUT2D eigenvalue weighted by molar-refractivity contribution is 1.40. The summed E-state index contributed by atoms with van der Waals surface area (Å²) in [6, 6.07) is -21.8. The molecule has 0 unspecified atom stereocenters. The van der Waals surface area contributed by atoms with E-state index in [9.17, 15) is 12.3 Å². The quantitative estimate of drug-likeness (QED) is 0.179. The van der Waals surface area contributed by atoms with Gasteiger partial charge in [-0.1, -0.05) is 127 Å². The van der Waals surface area contributed by atoms with Crippen LogP contribution in [0.3, 0.4) is 0 Å². The second-order valence-electron chi connectivity index (χ2n) is 10.0. The van der Waals surface area contributed by atoms with Gasteiger partial charge < -0.3 is 0 Å². The standard InChI is InChI=1S/C44H26S/c1-2-8-27(9-3-1)32-23-33(34-22-31-12-7-15-41-43(31)39(26-34)37-13-4-5-14-40(37)45-41)25-35(24-32)36-20-18-30-17-16-28-10-6-11-29-19-21-38(36)44(30)42(28)29/h1-26H/i1D,2D,3D,4D,5D,6D,7D,8D,9D,10D,11D,12D,13D,14D,15D,16D,17D,18D,19D,20D,21D,22D,23D,24D,25D,26D. The maximum absolute atomic E-state index is 10.0. The third-order valence-electron chi connectivity index (χ3n) is 7.51. The van der Waals surface area contributed by atoms with Gasteiger partial charge in [-0.3, -0.25) is 0 Å². The van der Waals surface area contributed by atoms with Crippen LogP contribution in [0.25, 0.3) is 87.6 Å². The molecule has 0 aromatic heterocycles. The lowest BCUT2D eigenvalue weighted by atomic mass is 9.87. The Hall–Kier alpha value is -5.37. The van der Waals surface area contributed by atoms with Crippen LogP contribution < -0.4 is 0 Å². The SMILES string of the molecule is [2H]c1c([2H])c([2H])c(-c2c([2H])c(-c3c([2H])c4c5c(c([2H])c([2H])c([2H])c5c3[2H])Sc3c([2H])c([2H])c([2H])c([2H])c3-4)c([2H])c(-c3c([2H])c([2H])c4c([2H])c([2H])c5c([2H])c([2H])c([2H])c6c([2H])c([2H])c3c4c56)c2[2H])c([2H])c1[2H]. The van der Waals surface area contributed by atoms with Crippen molar-refractivity contribution < 1.29 is 35.6 Å². The van der Waals surface area contributed by atoms with Crippen LogP contribution in [0.2, 0.25) is 0 Å². The summed E-state index contributed by atoms with van der Waals surface area (Å²) < 4.78 is 236. The fourth-order valence-electron chi connectivity index (χ4n) is 5.58. The minimum atomic E-state index is -1.06. The minimum Gasteiger partial charge on any atom is -0.0888 e. The van der Waals surface area contributed by atoms with Crippen molar-refractivity contribution in [3.63, 3.8) is 0 Å². The van der Waals surface area contributed by atoms with Gasteiger partial charge >= 0.3 is 0 Å². The highest BCUT2D eigenvalue weighted by Crippen LogP contribution is 2.49. The topological polar surface area (TPSA) is 0 Å². The van der Waals surface area contributed by atoms with E-state index in [0.717, 1.165) is 0 Å². The molecule has 0 nitrogen and oxygen atoms in total. The average Bonchev–Trinajstić information content (AvgIpc) is 3.33. The molecule has 0 spiro atoms. The molecule has 0 amide bonds. The highest BCUT2D eigenvalue weighted by atomic mass is 32.2. The molecule has 0 fully saturated rings. The molecule has 0 aliphatic carbocycles. The van der Waals surface area contributed by atoms with Gasteiger partial charge in [0.1, 0.15) is 0 Å². The fourth-order valence-corrected chi connectivity index (χ4v) is 6.55. The zero-order chi connectivity index (χ0) is 52.1. The molecule has 1 heteroatoms. The molecule has 0 saturated heterocycles. The van der Waals surface area contributed by atoms with Crippen molar-refractivity contribution in [2.24, 2.45) is 0 Å². The zero-order valence-electron chi connectivity index (χ0n) is 48.4. The van der Waals surface area contributed by atoms with Crippen molar-refractivity contribution in [1.29, 1.82) is 0 Å². The third kappa shape index (κ3) is 3.81. The van der Waals surface area contributed by atoms with E-state index in [2.05, 4.69) is 0 Å². The van der Waals surface area contributed by atoms with Gasteiger partial charge in [0, 0.05) is 15.2 Å². The summed E-state index contributed by atoms with van der Waals surface area (Å²) in [5, 5.41) is -3.32. The van der Waals surface area contributed by atoms with Gasteiger partial charge in [-0.05, 0) is 125 Å². The van der Waals surface area contributed by atoms with Crippen LogP contribution >= 0.6 is 11.8 Å². The Balaban J connectivity index is 1.52. The van der Waals surface area contributed by atoms with Crippen molar-refractivity contribution in [3.05, 3.63) is 157 Å². The fraction of sp³-hybridized carbons (Fsp3) is 0.